The molecule has 27 heavy (non-hydrogen) atoms. The quantitative estimate of drug-likeness (QED) is 0.626. The zero-order chi connectivity index (χ0) is 20.2. The minimum Gasteiger partial charge on any atom is -0.351 e. The van der Waals surface area contributed by atoms with Crippen LogP contribution >= 0.6 is 27.7 Å². The van der Waals surface area contributed by atoms with Crippen LogP contribution in [-0.4, -0.2) is 38.5 Å². The number of aryl methyl sites for hydroxylation is 2. The van der Waals surface area contributed by atoms with Gasteiger partial charge in [-0.05, 0) is 48.7 Å². The van der Waals surface area contributed by atoms with E-state index in [1.54, 1.807) is 24.3 Å². The summed E-state index contributed by atoms with van der Waals surface area (Å²) >= 11 is 4.97. The van der Waals surface area contributed by atoms with E-state index in [1.165, 1.54) is 30.2 Å². The third-order valence-corrected chi connectivity index (χ3v) is 7.95. The smallest absolute Gasteiger partial charge is 0.242 e. The van der Waals surface area contributed by atoms with Crippen molar-refractivity contribution in [2.45, 2.75) is 30.2 Å². The fourth-order valence-corrected chi connectivity index (χ4v) is 4.91. The lowest BCUT2D eigenvalue weighted by Gasteiger charge is -2.15. The van der Waals surface area contributed by atoms with Crippen molar-refractivity contribution in [3.63, 3.8) is 0 Å². The van der Waals surface area contributed by atoms with Crippen LogP contribution in [0.25, 0.3) is 0 Å². The third kappa shape index (κ3) is 5.57. The molecule has 146 valence electrons. The summed E-state index contributed by atoms with van der Waals surface area (Å²) in [4.78, 5) is 13.5. The summed E-state index contributed by atoms with van der Waals surface area (Å²) in [6.07, 6.45) is 0. The van der Waals surface area contributed by atoms with Gasteiger partial charge in [0.05, 0.1) is 10.6 Å². The van der Waals surface area contributed by atoms with Crippen LogP contribution < -0.4 is 5.32 Å². The van der Waals surface area contributed by atoms with Gasteiger partial charge in [-0.15, -0.1) is 11.8 Å². The Hall–Kier alpha value is -1.35. The number of hydrogen-bond donors (Lipinski definition) is 1. The maximum absolute atomic E-state index is 12.4. The van der Waals surface area contributed by atoms with Crippen molar-refractivity contribution in [3.8, 4) is 0 Å². The minimum atomic E-state index is -3.55. The largest absolute Gasteiger partial charge is 0.351 e. The fraction of sp³-hybridized carbons (Fsp3) is 0.316. The number of sulfonamides is 1. The van der Waals surface area contributed by atoms with Gasteiger partial charge in [-0.1, -0.05) is 34.1 Å². The monoisotopic (exact) mass is 470 g/mol. The summed E-state index contributed by atoms with van der Waals surface area (Å²) in [6.45, 7) is 4.18. The molecule has 0 aliphatic heterocycles. The van der Waals surface area contributed by atoms with E-state index in [4.69, 9.17) is 0 Å². The molecule has 0 bridgehead atoms. The fourth-order valence-electron chi connectivity index (χ4n) is 2.40. The molecule has 0 fully saturated rings. The molecule has 2 aromatic rings. The van der Waals surface area contributed by atoms with E-state index in [9.17, 15) is 13.2 Å². The lowest BCUT2D eigenvalue weighted by Crippen LogP contribution is -2.28. The number of benzene rings is 2. The van der Waals surface area contributed by atoms with Gasteiger partial charge in [-0.3, -0.25) is 4.79 Å². The van der Waals surface area contributed by atoms with Crippen molar-refractivity contribution >= 4 is 43.6 Å². The zero-order valence-electron chi connectivity index (χ0n) is 15.7. The summed E-state index contributed by atoms with van der Waals surface area (Å²) in [5, 5.41) is 2.81. The first kappa shape index (κ1) is 21.9. The van der Waals surface area contributed by atoms with Crippen LogP contribution in [0.4, 0.5) is 0 Å². The van der Waals surface area contributed by atoms with Gasteiger partial charge >= 0.3 is 0 Å². The Labute approximate surface area is 173 Å². The van der Waals surface area contributed by atoms with Gasteiger partial charge in [0.25, 0.3) is 0 Å². The van der Waals surface area contributed by atoms with Gasteiger partial charge in [0.15, 0.2) is 0 Å². The molecule has 1 N–H and O–H groups in total. The summed E-state index contributed by atoms with van der Waals surface area (Å²) in [7, 11) is -0.573. The molecule has 8 heteroatoms. The average molecular weight is 471 g/mol. The predicted molar refractivity (Wildman–Crippen MR) is 114 cm³/mol. The van der Waals surface area contributed by atoms with Crippen LogP contribution in [0.3, 0.4) is 0 Å². The van der Waals surface area contributed by atoms with Crippen LogP contribution in [0.2, 0.25) is 0 Å². The summed E-state index contributed by atoms with van der Waals surface area (Å²) in [6, 6.07) is 10.8. The highest BCUT2D eigenvalue weighted by atomic mass is 79.9. The molecule has 0 saturated carbocycles. The highest BCUT2D eigenvalue weighted by molar-refractivity contribution is 9.10. The maximum atomic E-state index is 12.4. The van der Waals surface area contributed by atoms with Gasteiger partial charge in [0.2, 0.25) is 15.9 Å². The van der Waals surface area contributed by atoms with Crippen molar-refractivity contribution in [1.29, 1.82) is 0 Å². The highest BCUT2D eigenvalue weighted by Gasteiger charge is 2.20. The van der Waals surface area contributed by atoms with Crippen LogP contribution in [0.1, 0.15) is 16.7 Å². The molecule has 0 aliphatic rings. The lowest BCUT2D eigenvalue weighted by molar-refractivity contribution is -0.118. The number of amides is 1. The standard InChI is InChI=1S/C19H23BrN2O3S2/c1-13-10-17(14(2)9-16(13)20)26-12-19(23)21-11-15-7-5-6-8-18(15)27(24,25)22(3)4/h5-10H,11-12H2,1-4H3,(H,21,23). The summed E-state index contributed by atoms with van der Waals surface area (Å²) in [5.41, 5.74) is 2.79. The van der Waals surface area contributed by atoms with E-state index < -0.39 is 10.0 Å². The highest BCUT2D eigenvalue weighted by Crippen LogP contribution is 2.28. The van der Waals surface area contributed by atoms with E-state index in [0.29, 0.717) is 5.56 Å². The molecule has 0 aromatic heterocycles. The van der Waals surface area contributed by atoms with E-state index in [2.05, 4.69) is 27.3 Å². The molecule has 0 spiro atoms. The van der Waals surface area contributed by atoms with Crippen LogP contribution in [0.15, 0.2) is 50.7 Å². The second kappa shape index (κ2) is 9.23. The van der Waals surface area contributed by atoms with Crippen LogP contribution in [0, 0.1) is 13.8 Å². The first-order chi connectivity index (χ1) is 12.6. The zero-order valence-corrected chi connectivity index (χ0v) is 19.0. The third-order valence-electron chi connectivity index (χ3n) is 4.02. The average Bonchev–Trinajstić information content (AvgIpc) is 2.62. The van der Waals surface area contributed by atoms with Gasteiger partial charge < -0.3 is 5.32 Å². The van der Waals surface area contributed by atoms with Gasteiger partial charge in [0, 0.05) is 30.0 Å². The first-order valence-corrected chi connectivity index (χ1v) is 11.5. The van der Waals surface area contributed by atoms with Gasteiger partial charge in [-0.25, -0.2) is 12.7 Å². The maximum Gasteiger partial charge on any atom is 0.242 e. The SMILES string of the molecule is Cc1cc(SCC(=O)NCc2ccccc2S(=O)(=O)N(C)C)c(C)cc1Br. The van der Waals surface area contributed by atoms with Crippen molar-refractivity contribution in [3.05, 3.63) is 57.6 Å². The Morgan fingerprint density at radius 3 is 2.48 bits per heavy atom. The molecular weight excluding hydrogens is 448 g/mol. The molecule has 1 amide bonds. The lowest BCUT2D eigenvalue weighted by atomic mass is 10.2. The van der Waals surface area contributed by atoms with Crippen molar-refractivity contribution < 1.29 is 13.2 Å². The Morgan fingerprint density at radius 2 is 1.81 bits per heavy atom. The van der Waals surface area contributed by atoms with E-state index >= 15 is 0 Å². The number of nitrogens with one attached hydrogen (secondary N) is 1. The Morgan fingerprint density at radius 1 is 1.15 bits per heavy atom. The molecule has 0 atom stereocenters. The molecule has 0 heterocycles. The van der Waals surface area contributed by atoms with Crippen molar-refractivity contribution in [2.75, 3.05) is 19.8 Å². The number of carbonyl (C=O) groups is 1. The van der Waals surface area contributed by atoms with E-state index in [0.717, 1.165) is 20.5 Å². The Kier molecular flexibility index (Phi) is 7.50. The molecule has 0 saturated heterocycles. The van der Waals surface area contributed by atoms with Crippen molar-refractivity contribution in [2.24, 2.45) is 0 Å². The normalized spacial score (nSPS) is 11.6. The number of thioether (sulfide) groups is 1. The molecular formula is C19H23BrN2O3S2. The molecule has 2 rings (SSSR count). The molecule has 5 nitrogen and oxygen atoms in total. The number of rotatable bonds is 7. The number of halogens is 1. The number of nitrogens with zero attached hydrogens (tertiary/aromatic N) is 1. The molecule has 0 radical (unpaired) electrons. The Balaban J connectivity index is 2.02. The van der Waals surface area contributed by atoms with E-state index in [1.807, 2.05) is 19.9 Å². The predicted octanol–water partition coefficient (Wildman–Crippen LogP) is 3.72. The van der Waals surface area contributed by atoms with Crippen LogP contribution in [-0.2, 0) is 21.4 Å². The van der Waals surface area contributed by atoms with Crippen molar-refractivity contribution in [1.82, 2.24) is 9.62 Å². The second-order valence-corrected chi connectivity index (χ2v) is 10.3. The van der Waals surface area contributed by atoms with E-state index in [-0.39, 0.29) is 23.1 Å². The Bertz CT molecular complexity index is 944. The summed E-state index contributed by atoms with van der Waals surface area (Å²) < 4.78 is 27.0. The topological polar surface area (TPSA) is 66.5 Å². The van der Waals surface area contributed by atoms with Crippen LogP contribution in [0.5, 0.6) is 0 Å². The first-order valence-electron chi connectivity index (χ1n) is 8.29. The summed E-state index contributed by atoms with van der Waals surface area (Å²) in [5.74, 6) is 0.127. The minimum absolute atomic E-state index is 0.142. The second-order valence-electron chi connectivity index (χ2n) is 6.33. The van der Waals surface area contributed by atoms with Gasteiger partial charge in [0.1, 0.15) is 0 Å². The number of carbonyl (C=O) groups excluding carboxylic acids is 1. The molecule has 0 aliphatic carbocycles. The number of hydrogen-bond acceptors (Lipinski definition) is 4. The molecule has 0 unspecified atom stereocenters. The van der Waals surface area contributed by atoms with Gasteiger partial charge in [-0.2, -0.15) is 0 Å². The molecule has 2 aromatic carbocycles.